The number of nitrogens with one attached hydrogen (secondary N) is 1. The highest BCUT2D eigenvalue weighted by atomic mass is 35.5. The molecule has 0 aliphatic carbocycles. The summed E-state index contributed by atoms with van der Waals surface area (Å²) in [7, 11) is 1.56. The molecule has 2 aromatic heterocycles. The number of halogens is 1. The van der Waals surface area contributed by atoms with Gasteiger partial charge in [0, 0.05) is 18.3 Å². The summed E-state index contributed by atoms with van der Waals surface area (Å²) in [6.45, 7) is 4.11. The molecule has 140 valence electrons. The van der Waals surface area contributed by atoms with Crippen molar-refractivity contribution < 1.29 is 14.7 Å². The average Bonchev–Trinajstić information content (AvgIpc) is 3.11. The van der Waals surface area contributed by atoms with E-state index >= 15 is 0 Å². The largest absolute Gasteiger partial charge is 0.476 e. The van der Waals surface area contributed by atoms with Gasteiger partial charge in [0.2, 0.25) is 0 Å². The van der Waals surface area contributed by atoms with E-state index in [0.29, 0.717) is 22.9 Å². The average molecular weight is 388 g/mol. The Labute approximate surface area is 160 Å². The Hall–Kier alpha value is -3.13. The predicted molar refractivity (Wildman–Crippen MR) is 100 cm³/mol. The fourth-order valence-corrected chi connectivity index (χ4v) is 3.05. The summed E-state index contributed by atoms with van der Waals surface area (Å²) in [6.07, 6.45) is 1.37. The second kappa shape index (κ2) is 7.24. The van der Waals surface area contributed by atoms with E-state index in [-0.39, 0.29) is 11.3 Å². The molecule has 0 aliphatic rings. The van der Waals surface area contributed by atoms with Crippen molar-refractivity contribution in [2.24, 2.45) is 7.05 Å². The third kappa shape index (κ3) is 3.85. The monoisotopic (exact) mass is 387 g/mol. The molecule has 9 heteroatoms. The first-order valence-corrected chi connectivity index (χ1v) is 8.50. The molecule has 0 atom stereocenters. The maximum absolute atomic E-state index is 12.6. The van der Waals surface area contributed by atoms with Crippen LogP contribution in [0.15, 0.2) is 30.5 Å². The van der Waals surface area contributed by atoms with E-state index < -0.39 is 11.9 Å². The number of carbonyl (C=O) groups is 2. The maximum Gasteiger partial charge on any atom is 0.357 e. The zero-order valence-corrected chi connectivity index (χ0v) is 15.8. The van der Waals surface area contributed by atoms with E-state index in [1.165, 1.54) is 10.9 Å². The summed E-state index contributed by atoms with van der Waals surface area (Å²) in [5.41, 5.74) is 2.60. The molecular formula is C18H18ClN5O3. The molecule has 0 saturated heterocycles. The molecule has 0 aliphatic heterocycles. The van der Waals surface area contributed by atoms with E-state index in [0.717, 1.165) is 11.3 Å². The van der Waals surface area contributed by atoms with Crippen LogP contribution in [0.1, 0.15) is 37.8 Å². The van der Waals surface area contributed by atoms with Crippen LogP contribution in [0.3, 0.4) is 0 Å². The highest BCUT2D eigenvalue weighted by Crippen LogP contribution is 2.22. The summed E-state index contributed by atoms with van der Waals surface area (Å²) in [6, 6.07) is 7.45. The highest BCUT2D eigenvalue weighted by molar-refractivity contribution is 6.30. The zero-order valence-electron chi connectivity index (χ0n) is 15.0. The van der Waals surface area contributed by atoms with E-state index in [4.69, 9.17) is 11.6 Å². The molecule has 1 amide bonds. The number of carbonyl (C=O) groups excluding carboxylic acids is 1. The number of rotatable bonds is 5. The molecule has 2 heterocycles. The van der Waals surface area contributed by atoms with Gasteiger partial charge in [-0.15, -0.1) is 0 Å². The van der Waals surface area contributed by atoms with Gasteiger partial charge in [0.05, 0.1) is 29.2 Å². The van der Waals surface area contributed by atoms with E-state index in [1.54, 1.807) is 24.7 Å². The van der Waals surface area contributed by atoms with Gasteiger partial charge in [0.1, 0.15) is 0 Å². The van der Waals surface area contributed by atoms with Gasteiger partial charge < -0.3 is 10.4 Å². The smallest absolute Gasteiger partial charge is 0.357 e. The van der Waals surface area contributed by atoms with E-state index in [2.05, 4.69) is 15.5 Å². The lowest BCUT2D eigenvalue weighted by Crippen LogP contribution is -2.16. The molecule has 0 spiro atoms. The molecule has 1 aromatic carbocycles. The standard InChI is InChI=1S/C18H18ClN5O3/c1-10-15(20-17(25)14-9-23(3)22-16(14)18(26)27)11(2)24(21-10)8-12-5-4-6-13(19)7-12/h4-7,9H,8H2,1-3H3,(H,20,25)(H,26,27). The normalized spacial score (nSPS) is 10.8. The molecule has 0 saturated carbocycles. The summed E-state index contributed by atoms with van der Waals surface area (Å²) in [4.78, 5) is 23.9. The Kier molecular flexibility index (Phi) is 5.00. The van der Waals surface area contributed by atoms with Gasteiger partial charge in [-0.2, -0.15) is 10.2 Å². The van der Waals surface area contributed by atoms with Gasteiger partial charge in [-0.25, -0.2) is 4.79 Å². The van der Waals surface area contributed by atoms with E-state index in [9.17, 15) is 14.7 Å². The van der Waals surface area contributed by atoms with Crippen LogP contribution < -0.4 is 5.32 Å². The quantitative estimate of drug-likeness (QED) is 0.700. The molecule has 3 rings (SSSR count). The lowest BCUT2D eigenvalue weighted by molar-refractivity contribution is 0.0685. The van der Waals surface area contributed by atoms with Crippen LogP contribution in [0, 0.1) is 13.8 Å². The summed E-state index contributed by atoms with van der Waals surface area (Å²) < 4.78 is 3.05. The van der Waals surface area contributed by atoms with Gasteiger partial charge in [-0.1, -0.05) is 23.7 Å². The van der Waals surface area contributed by atoms with Crippen LogP contribution in [-0.2, 0) is 13.6 Å². The minimum Gasteiger partial charge on any atom is -0.476 e. The molecule has 0 unspecified atom stereocenters. The van der Waals surface area contributed by atoms with Crippen LogP contribution in [0.2, 0.25) is 5.02 Å². The molecule has 27 heavy (non-hydrogen) atoms. The van der Waals surface area contributed by atoms with Crippen LogP contribution >= 0.6 is 11.6 Å². The number of carboxylic acids is 1. The lowest BCUT2D eigenvalue weighted by atomic mass is 10.2. The van der Waals surface area contributed by atoms with Crippen molar-refractivity contribution >= 4 is 29.2 Å². The Bertz CT molecular complexity index is 1040. The molecule has 0 radical (unpaired) electrons. The van der Waals surface area contributed by atoms with Gasteiger partial charge in [-0.3, -0.25) is 14.2 Å². The maximum atomic E-state index is 12.6. The number of nitrogens with zero attached hydrogens (tertiary/aromatic N) is 4. The predicted octanol–water partition coefficient (Wildman–Crippen LogP) is 2.89. The van der Waals surface area contributed by atoms with Gasteiger partial charge in [0.15, 0.2) is 5.69 Å². The van der Waals surface area contributed by atoms with Gasteiger partial charge in [0.25, 0.3) is 5.91 Å². The summed E-state index contributed by atoms with van der Waals surface area (Å²) >= 11 is 6.02. The molecule has 8 nitrogen and oxygen atoms in total. The van der Waals surface area contributed by atoms with Gasteiger partial charge in [-0.05, 0) is 31.5 Å². The van der Waals surface area contributed by atoms with Crippen LogP contribution in [0.4, 0.5) is 5.69 Å². The van der Waals surface area contributed by atoms with Crippen LogP contribution in [-0.4, -0.2) is 36.5 Å². The number of amides is 1. The second-order valence-electron chi connectivity index (χ2n) is 6.16. The molecule has 3 aromatic rings. The number of aromatic carboxylic acids is 1. The SMILES string of the molecule is Cc1nn(Cc2cccc(Cl)c2)c(C)c1NC(=O)c1cn(C)nc1C(=O)O. The van der Waals surface area contributed by atoms with Crippen molar-refractivity contribution in [1.82, 2.24) is 19.6 Å². The Morgan fingerprint density at radius 3 is 2.67 bits per heavy atom. The summed E-state index contributed by atoms with van der Waals surface area (Å²) in [5, 5.41) is 20.9. The lowest BCUT2D eigenvalue weighted by Gasteiger charge is -2.07. The third-order valence-corrected chi connectivity index (χ3v) is 4.35. The first-order chi connectivity index (χ1) is 12.8. The number of anilines is 1. The first kappa shape index (κ1) is 18.7. The Morgan fingerprint density at radius 1 is 1.26 bits per heavy atom. The Balaban J connectivity index is 1.87. The second-order valence-corrected chi connectivity index (χ2v) is 6.59. The van der Waals surface area contributed by atoms with Crippen molar-refractivity contribution in [3.8, 4) is 0 Å². The number of hydrogen-bond acceptors (Lipinski definition) is 4. The fourth-order valence-electron chi connectivity index (χ4n) is 2.83. The Morgan fingerprint density at radius 2 is 2.00 bits per heavy atom. The van der Waals surface area contributed by atoms with Crippen molar-refractivity contribution in [3.63, 3.8) is 0 Å². The minimum absolute atomic E-state index is 0.00797. The molecule has 0 bridgehead atoms. The van der Waals surface area contributed by atoms with Crippen molar-refractivity contribution in [1.29, 1.82) is 0 Å². The van der Waals surface area contributed by atoms with Crippen LogP contribution in [0.25, 0.3) is 0 Å². The van der Waals surface area contributed by atoms with Crippen LogP contribution in [0.5, 0.6) is 0 Å². The summed E-state index contributed by atoms with van der Waals surface area (Å²) in [5.74, 6) is -1.81. The zero-order chi connectivity index (χ0) is 19.7. The molecular weight excluding hydrogens is 370 g/mol. The number of aryl methyl sites for hydroxylation is 2. The third-order valence-electron chi connectivity index (χ3n) is 4.12. The van der Waals surface area contributed by atoms with E-state index in [1.807, 2.05) is 25.1 Å². The number of aromatic nitrogens is 4. The highest BCUT2D eigenvalue weighted by Gasteiger charge is 2.23. The van der Waals surface area contributed by atoms with Crippen molar-refractivity contribution in [2.45, 2.75) is 20.4 Å². The van der Waals surface area contributed by atoms with Crippen molar-refractivity contribution in [2.75, 3.05) is 5.32 Å². The topological polar surface area (TPSA) is 102 Å². The minimum atomic E-state index is -1.26. The number of carboxylic acid groups (broad SMARTS) is 1. The van der Waals surface area contributed by atoms with Crippen molar-refractivity contribution in [3.05, 3.63) is 63.7 Å². The molecule has 0 fully saturated rings. The number of hydrogen-bond donors (Lipinski definition) is 2. The fraction of sp³-hybridized carbons (Fsp3) is 0.222. The first-order valence-electron chi connectivity index (χ1n) is 8.13. The van der Waals surface area contributed by atoms with Gasteiger partial charge >= 0.3 is 5.97 Å². The number of benzene rings is 1. The molecule has 2 N–H and O–H groups in total.